The Labute approximate surface area is 82.0 Å². The molecule has 0 bridgehead atoms. The lowest BCUT2D eigenvalue weighted by atomic mass is 10.5. The monoisotopic (exact) mass is 192 g/mol. The molecule has 3 heteroatoms. The molecule has 0 fully saturated rings. The zero-order valence-electron chi connectivity index (χ0n) is 7.82. The van der Waals surface area contributed by atoms with Gasteiger partial charge >= 0.3 is 0 Å². The lowest BCUT2D eigenvalue weighted by Crippen LogP contribution is -1.87. The van der Waals surface area contributed by atoms with Crippen LogP contribution in [0.3, 0.4) is 0 Å². The van der Waals surface area contributed by atoms with Gasteiger partial charge in [-0.1, -0.05) is 13.0 Å². The van der Waals surface area contributed by atoms with E-state index in [1.54, 1.807) is 0 Å². The second-order valence-corrected chi connectivity index (χ2v) is 4.19. The number of rotatable bonds is 2. The summed E-state index contributed by atoms with van der Waals surface area (Å²) in [4.78, 5) is 4.41. The zero-order chi connectivity index (χ0) is 9.26. The summed E-state index contributed by atoms with van der Waals surface area (Å²) in [7, 11) is 0. The van der Waals surface area contributed by atoms with Gasteiger partial charge in [-0.15, -0.1) is 11.8 Å². The van der Waals surface area contributed by atoms with E-state index in [1.807, 2.05) is 24.8 Å². The summed E-state index contributed by atoms with van der Waals surface area (Å²) in [6, 6.07) is 6.22. The molecule has 0 aliphatic carbocycles. The second-order valence-electron chi connectivity index (χ2n) is 2.91. The van der Waals surface area contributed by atoms with Crippen LogP contribution < -0.4 is 0 Å². The Morgan fingerprint density at radius 3 is 3.08 bits per heavy atom. The molecule has 2 rings (SSSR count). The zero-order valence-corrected chi connectivity index (χ0v) is 8.64. The number of nitrogens with zero attached hydrogens (tertiary/aromatic N) is 2. The summed E-state index contributed by atoms with van der Waals surface area (Å²) >= 11 is 1.84. The lowest BCUT2D eigenvalue weighted by Gasteiger charge is -2.01. The third-order valence-corrected chi connectivity index (χ3v) is 2.78. The highest BCUT2D eigenvalue weighted by atomic mass is 32.2. The first-order chi connectivity index (χ1) is 6.31. The number of hydrogen-bond donors (Lipinski definition) is 0. The smallest absolute Gasteiger partial charge is 0.137 e. The molecule has 0 saturated carbocycles. The largest absolute Gasteiger partial charge is 0.294 e. The Morgan fingerprint density at radius 1 is 1.46 bits per heavy atom. The van der Waals surface area contributed by atoms with Crippen molar-refractivity contribution in [2.24, 2.45) is 0 Å². The molecule has 0 radical (unpaired) electrons. The van der Waals surface area contributed by atoms with E-state index in [0.717, 1.165) is 17.1 Å². The van der Waals surface area contributed by atoms with Crippen molar-refractivity contribution in [2.75, 3.05) is 5.75 Å². The predicted octanol–water partition coefficient (Wildman–Crippen LogP) is 2.75. The van der Waals surface area contributed by atoms with Gasteiger partial charge in [0.1, 0.15) is 5.65 Å². The van der Waals surface area contributed by atoms with Gasteiger partial charge in [-0.2, -0.15) is 0 Å². The SMILES string of the molecule is CCSc1cccc2nc(C)cn12. The van der Waals surface area contributed by atoms with E-state index in [2.05, 4.69) is 34.6 Å². The van der Waals surface area contributed by atoms with Crippen molar-refractivity contribution in [2.45, 2.75) is 18.9 Å². The molecule has 0 saturated heterocycles. The topological polar surface area (TPSA) is 17.3 Å². The van der Waals surface area contributed by atoms with Gasteiger partial charge < -0.3 is 0 Å². The number of fused-ring (bicyclic) bond motifs is 1. The molecule has 0 aliphatic rings. The number of aryl methyl sites for hydroxylation is 1. The fourth-order valence-electron chi connectivity index (χ4n) is 1.37. The van der Waals surface area contributed by atoms with Crippen LogP contribution in [0.2, 0.25) is 0 Å². The Kier molecular flexibility index (Phi) is 2.27. The molecule has 2 aromatic rings. The van der Waals surface area contributed by atoms with Gasteiger partial charge in [0.2, 0.25) is 0 Å². The Hall–Kier alpha value is -0.960. The molecule has 2 nitrogen and oxygen atoms in total. The van der Waals surface area contributed by atoms with Crippen molar-refractivity contribution in [1.82, 2.24) is 9.38 Å². The van der Waals surface area contributed by atoms with Crippen molar-refractivity contribution in [3.63, 3.8) is 0 Å². The van der Waals surface area contributed by atoms with E-state index in [-0.39, 0.29) is 0 Å². The van der Waals surface area contributed by atoms with Gasteiger partial charge in [0.05, 0.1) is 10.7 Å². The van der Waals surface area contributed by atoms with Gasteiger partial charge in [-0.05, 0) is 24.8 Å². The normalized spacial score (nSPS) is 10.9. The van der Waals surface area contributed by atoms with Gasteiger partial charge in [-0.25, -0.2) is 4.98 Å². The molecule has 68 valence electrons. The van der Waals surface area contributed by atoms with Crippen LogP contribution in [-0.4, -0.2) is 15.1 Å². The fourth-order valence-corrected chi connectivity index (χ4v) is 2.13. The maximum atomic E-state index is 4.41. The summed E-state index contributed by atoms with van der Waals surface area (Å²) in [6.45, 7) is 4.18. The molecular weight excluding hydrogens is 180 g/mol. The van der Waals surface area contributed by atoms with Gasteiger partial charge in [0.25, 0.3) is 0 Å². The average Bonchev–Trinajstić information content (AvgIpc) is 2.47. The highest BCUT2D eigenvalue weighted by molar-refractivity contribution is 7.99. The fraction of sp³-hybridized carbons (Fsp3) is 0.300. The van der Waals surface area contributed by atoms with Crippen molar-refractivity contribution in [3.05, 3.63) is 30.1 Å². The summed E-state index contributed by atoms with van der Waals surface area (Å²) in [5.74, 6) is 1.09. The molecular formula is C10H12N2S. The number of thioether (sulfide) groups is 1. The average molecular weight is 192 g/mol. The van der Waals surface area contributed by atoms with Crippen molar-refractivity contribution >= 4 is 17.4 Å². The summed E-state index contributed by atoms with van der Waals surface area (Å²) in [5, 5.41) is 1.26. The number of aromatic nitrogens is 2. The van der Waals surface area contributed by atoms with Crippen LogP contribution in [-0.2, 0) is 0 Å². The summed E-state index contributed by atoms with van der Waals surface area (Å²) in [6.07, 6.45) is 2.08. The molecule has 0 N–H and O–H groups in total. The quantitative estimate of drug-likeness (QED) is 0.681. The van der Waals surface area contributed by atoms with Gasteiger partial charge in [0, 0.05) is 6.20 Å². The maximum absolute atomic E-state index is 4.41. The second kappa shape index (κ2) is 3.42. The van der Waals surface area contributed by atoms with Crippen LogP contribution >= 0.6 is 11.8 Å². The molecule has 0 amide bonds. The first-order valence-corrected chi connectivity index (χ1v) is 5.37. The van der Waals surface area contributed by atoms with Crippen LogP contribution in [0.1, 0.15) is 12.6 Å². The first-order valence-electron chi connectivity index (χ1n) is 4.39. The molecule has 0 spiro atoms. The molecule has 2 heterocycles. The van der Waals surface area contributed by atoms with Crippen molar-refractivity contribution in [3.8, 4) is 0 Å². The maximum Gasteiger partial charge on any atom is 0.137 e. The third-order valence-electron chi connectivity index (χ3n) is 1.87. The molecule has 2 aromatic heterocycles. The van der Waals surface area contributed by atoms with E-state index < -0.39 is 0 Å². The van der Waals surface area contributed by atoms with E-state index in [9.17, 15) is 0 Å². The van der Waals surface area contributed by atoms with Crippen LogP contribution in [0.15, 0.2) is 29.4 Å². The van der Waals surface area contributed by atoms with E-state index in [4.69, 9.17) is 0 Å². The minimum atomic E-state index is 1.04. The van der Waals surface area contributed by atoms with Crippen LogP contribution in [0, 0.1) is 6.92 Å². The minimum absolute atomic E-state index is 1.04. The first kappa shape index (κ1) is 8.63. The van der Waals surface area contributed by atoms with Crippen molar-refractivity contribution < 1.29 is 0 Å². The number of pyridine rings is 1. The van der Waals surface area contributed by atoms with Crippen LogP contribution in [0.4, 0.5) is 0 Å². The molecule has 0 aliphatic heterocycles. The lowest BCUT2D eigenvalue weighted by molar-refractivity contribution is 1.02. The number of hydrogen-bond acceptors (Lipinski definition) is 2. The third kappa shape index (κ3) is 1.56. The predicted molar refractivity (Wildman–Crippen MR) is 56.3 cm³/mol. The Bertz CT molecular complexity index is 420. The summed E-state index contributed by atoms with van der Waals surface area (Å²) in [5.41, 5.74) is 2.11. The highest BCUT2D eigenvalue weighted by Gasteiger charge is 2.01. The molecule has 13 heavy (non-hydrogen) atoms. The minimum Gasteiger partial charge on any atom is -0.294 e. The Balaban J connectivity index is 2.60. The molecule has 0 aromatic carbocycles. The number of imidazole rings is 1. The van der Waals surface area contributed by atoms with Crippen LogP contribution in [0.25, 0.3) is 5.65 Å². The summed E-state index contributed by atoms with van der Waals surface area (Å²) < 4.78 is 2.14. The van der Waals surface area contributed by atoms with E-state index >= 15 is 0 Å². The Morgan fingerprint density at radius 2 is 2.31 bits per heavy atom. The molecule has 0 unspecified atom stereocenters. The van der Waals surface area contributed by atoms with Gasteiger partial charge in [0.15, 0.2) is 0 Å². The van der Waals surface area contributed by atoms with Crippen LogP contribution in [0.5, 0.6) is 0 Å². The van der Waals surface area contributed by atoms with Crippen molar-refractivity contribution in [1.29, 1.82) is 0 Å². The standard InChI is InChI=1S/C10H12N2S/c1-3-13-10-6-4-5-9-11-8(2)7-12(9)10/h4-7H,3H2,1-2H3. The van der Waals surface area contributed by atoms with E-state index in [1.165, 1.54) is 5.03 Å². The molecule has 0 atom stereocenters. The van der Waals surface area contributed by atoms with E-state index in [0.29, 0.717) is 0 Å². The van der Waals surface area contributed by atoms with Gasteiger partial charge in [-0.3, -0.25) is 4.40 Å². The highest BCUT2D eigenvalue weighted by Crippen LogP contribution is 2.19.